The van der Waals surface area contributed by atoms with E-state index in [0.717, 1.165) is 11.1 Å². The lowest BCUT2D eigenvalue weighted by Gasteiger charge is -2.14. The third kappa shape index (κ3) is 8.98. The molecule has 0 radical (unpaired) electrons. The molecular formula is C18H27N3O4S2. The number of carbonyl (C=O) groups excluding carboxylic acids is 1. The lowest BCUT2D eigenvalue weighted by Crippen LogP contribution is -2.34. The molecule has 7 nitrogen and oxygen atoms in total. The van der Waals surface area contributed by atoms with Crippen LogP contribution in [0.4, 0.5) is 0 Å². The topological polar surface area (TPSA) is 88.7 Å². The number of hydrogen-bond acceptors (Lipinski definition) is 5. The number of amides is 1. The van der Waals surface area contributed by atoms with Gasteiger partial charge in [-0.05, 0) is 50.2 Å². The van der Waals surface area contributed by atoms with Crippen molar-refractivity contribution in [1.29, 1.82) is 0 Å². The van der Waals surface area contributed by atoms with E-state index < -0.39 is 11.0 Å². The summed E-state index contributed by atoms with van der Waals surface area (Å²) in [4.78, 5) is 12.2. The molecule has 0 spiro atoms. The van der Waals surface area contributed by atoms with Crippen molar-refractivity contribution < 1.29 is 18.5 Å². The van der Waals surface area contributed by atoms with Crippen molar-refractivity contribution in [3.05, 3.63) is 35.4 Å². The number of thiocarbonyl (C=S) groups is 1. The van der Waals surface area contributed by atoms with Crippen LogP contribution in [-0.2, 0) is 26.9 Å². The van der Waals surface area contributed by atoms with Gasteiger partial charge in [0.25, 0.3) is 0 Å². The summed E-state index contributed by atoms with van der Waals surface area (Å²) >= 11 is 5.02. The van der Waals surface area contributed by atoms with Crippen LogP contribution in [-0.4, -0.2) is 49.1 Å². The number of allylic oxidation sites excluding steroid dienone is 1. The molecule has 3 N–H and O–H groups in total. The van der Waals surface area contributed by atoms with Gasteiger partial charge in [0.2, 0.25) is 5.91 Å². The van der Waals surface area contributed by atoms with Gasteiger partial charge in [0.15, 0.2) is 16.1 Å². The number of methoxy groups -OCH3 is 1. The fourth-order valence-electron chi connectivity index (χ4n) is 2.04. The Bertz CT molecular complexity index is 704. The number of nitrogens with one attached hydrogen (secondary N) is 3. The highest BCUT2D eigenvalue weighted by Gasteiger charge is 2.14. The smallest absolute Gasteiger partial charge is 0.243 e. The van der Waals surface area contributed by atoms with Crippen molar-refractivity contribution in [3.8, 4) is 5.75 Å². The molecule has 0 aromatic heterocycles. The SMILES string of the molecule is CNC(=S)NS(=O)c1cc(CCNC(=O)C=C(C)C)ccc1OCCOC. The summed E-state index contributed by atoms with van der Waals surface area (Å²) in [5.74, 6) is 0.369. The van der Waals surface area contributed by atoms with Crippen LogP contribution >= 0.6 is 12.2 Å². The van der Waals surface area contributed by atoms with E-state index in [2.05, 4.69) is 15.4 Å². The van der Waals surface area contributed by atoms with Crippen LogP contribution in [0.25, 0.3) is 0 Å². The maximum absolute atomic E-state index is 12.6. The average Bonchev–Trinajstić information content (AvgIpc) is 2.61. The average molecular weight is 414 g/mol. The zero-order valence-electron chi connectivity index (χ0n) is 16.1. The molecule has 0 bridgehead atoms. The predicted octanol–water partition coefficient (Wildman–Crippen LogP) is 1.45. The highest BCUT2D eigenvalue weighted by Crippen LogP contribution is 2.23. The summed E-state index contributed by atoms with van der Waals surface area (Å²) in [6.07, 6.45) is 2.15. The minimum Gasteiger partial charge on any atom is -0.490 e. The molecule has 0 saturated heterocycles. The Morgan fingerprint density at radius 2 is 2.04 bits per heavy atom. The maximum Gasteiger partial charge on any atom is 0.243 e. The minimum absolute atomic E-state index is 0.126. The van der Waals surface area contributed by atoms with Gasteiger partial charge in [-0.3, -0.25) is 9.52 Å². The van der Waals surface area contributed by atoms with Crippen molar-refractivity contribution >= 4 is 34.2 Å². The number of rotatable bonds is 10. The van der Waals surface area contributed by atoms with Gasteiger partial charge in [-0.2, -0.15) is 0 Å². The second-order valence-electron chi connectivity index (χ2n) is 5.83. The number of carbonyl (C=O) groups is 1. The van der Waals surface area contributed by atoms with Crippen molar-refractivity contribution in [2.75, 3.05) is 33.9 Å². The second-order valence-corrected chi connectivity index (χ2v) is 7.42. The van der Waals surface area contributed by atoms with Gasteiger partial charge in [0.05, 0.1) is 6.61 Å². The Morgan fingerprint density at radius 3 is 2.67 bits per heavy atom. The van der Waals surface area contributed by atoms with Gasteiger partial charge >= 0.3 is 0 Å². The van der Waals surface area contributed by atoms with Crippen LogP contribution in [0.1, 0.15) is 19.4 Å². The van der Waals surface area contributed by atoms with E-state index in [1.807, 2.05) is 19.9 Å². The maximum atomic E-state index is 12.6. The minimum atomic E-state index is -1.58. The van der Waals surface area contributed by atoms with Crippen LogP contribution in [0, 0.1) is 0 Å². The Labute approximate surface area is 168 Å². The molecule has 1 aromatic rings. The highest BCUT2D eigenvalue weighted by molar-refractivity contribution is 7.87. The summed E-state index contributed by atoms with van der Waals surface area (Å²) in [7, 11) is 1.65. The number of ether oxygens (including phenoxy) is 2. The molecule has 9 heteroatoms. The Kier molecular flexibility index (Phi) is 10.6. The van der Waals surface area contributed by atoms with Gasteiger partial charge in [-0.1, -0.05) is 11.6 Å². The monoisotopic (exact) mass is 413 g/mol. The molecule has 0 heterocycles. The van der Waals surface area contributed by atoms with Crippen LogP contribution < -0.4 is 20.1 Å². The highest BCUT2D eigenvalue weighted by atomic mass is 32.2. The van der Waals surface area contributed by atoms with Crippen molar-refractivity contribution in [2.24, 2.45) is 0 Å². The van der Waals surface area contributed by atoms with Crippen molar-refractivity contribution in [2.45, 2.75) is 25.2 Å². The summed E-state index contributed by atoms with van der Waals surface area (Å²) < 4.78 is 25.9. The van der Waals surface area contributed by atoms with Gasteiger partial charge < -0.3 is 20.1 Å². The molecule has 1 unspecified atom stereocenters. The van der Waals surface area contributed by atoms with Gasteiger partial charge in [0, 0.05) is 26.8 Å². The predicted molar refractivity (Wildman–Crippen MR) is 111 cm³/mol. The van der Waals surface area contributed by atoms with Gasteiger partial charge in [0.1, 0.15) is 17.3 Å². The molecule has 1 aromatic carbocycles. The largest absolute Gasteiger partial charge is 0.490 e. The summed E-state index contributed by atoms with van der Waals surface area (Å²) in [6.45, 7) is 4.97. The van der Waals surface area contributed by atoms with Crippen LogP contribution in [0.2, 0.25) is 0 Å². The molecule has 0 fully saturated rings. The fraction of sp³-hybridized carbons (Fsp3) is 0.444. The lowest BCUT2D eigenvalue weighted by atomic mass is 10.1. The molecule has 1 atom stereocenters. The Hall–Kier alpha value is -1.97. The molecule has 27 heavy (non-hydrogen) atoms. The molecule has 1 rings (SSSR count). The van der Waals surface area contributed by atoms with E-state index in [1.165, 1.54) is 0 Å². The lowest BCUT2D eigenvalue weighted by molar-refractivity contribution is -0.116. The second kappa shape index (κ2) is 12.4. The van der Waals surface area contributed by atoms with Crippen LogP contribution in [0.3, 0.4) is 0 Å². The first-order valence-electron chi connectivity index (χ1n) is 8.45. The summed E-state index contributed by atoms with van der Waals surface area (Å²) in [5, 5.41) is 5.83. The molecule has 0 aliphatic carbocycles. The third-order valence-corrected chi connectivity index (χ3v) is 4.84. The normalized spacial score (nSPS) is 11.3. The van der Waals surface area contributed by atoms with E-state index in [1.54, 1.807) is 32.4 Å². The van der Waals surface area contributed by atoms with E-state index in [0.29, 0.717) is 36.8 Å². The molecule has 150 valence electrons. The van der Waals surface area contributed by atoms with Crippen molar-refractivity contribution in [1.82, 2.24) is 15.4 Å². The fourth-order valence-corrected chi connectivity index (χ4v) is 3.22. The van der Waals surface area contributed by atoms with E-state index in [4.69, 9.17) is 21.7 Å². The Morgan fingerprint density at radius 1 is 1.30 bits per heavy atom. The molecule has 1 amide bonds. The molecular weight excluding hydrogens is 386 g/mol. The zero-order valence-corrected chi connectivity index (χ0v) is 17.7. The zero-order chi connectivity index (χ0) is 20.2. The number of benzene rings is 1. The summed E-state index contributed by atoms with van der Waals surface area (Å²) in [6, 6.07) is 5.43. The van der Waals surface area contributed by atoms with Gasteiger partial charge in [-0.25, -0.2) is 4.21 Å². The van der Waals surface area contributed by atoms with Crippen molar-refractivity contribution in [3.63, 3.8) is 0 Å². The first kappa shape index (κ1) is 23.1. The first-order valence-corrected chi connectivity index (χ1v) is 10.0. The molecule has 0 aliphatic heterocycles. The number of hydrogen-bond donors (Lipinski definition) is 3. The third-order valence-electron chi connectivity index (χ3n) is 3.30. The first-order chi connectivity index (χ1) is 12.9. The summed E-state index contributed by atoms with van der Waals surface area (Å²) in [5.41, 5.74) is 1.86. The molecule has 0 saturated carbocycles. The van der Waals surface area contributed by atoms with E-state index in [9.17, 15) is 9.00 Å². The van der Waals surface area contributed by atoms with E-state index >= 15 is 0 Å². The van der Waals surface area contributed by atoms with Crippen LogP contribution in [0.5, 0.6) is 5.75 Å². The van der Waals surface area contributed by atoms with Crippen LogP contribution in [0.15, 0.2) is 34.7 Å². The van der Waals surface area contributed by atoms with E-state index in [-0.39, 0.29) is 11.0 Å². The standard InChI is InChI=1S/C18H27N3O4S2/c1-13(2)11-17(22)20-8-7-14-5-6-15(25-10-9-24-4)16(12-14)27(23)21-18(26)19-3/h5-6,11-12H,7-10H2,1-4H3,(H,20,22)(H2,19,21,26). The van der Waals surface area contributed by atoms with Gasteiger partial charge in [-0.15, -0.1) is 0 Å². The Balaban J connectivity index is 2.86. The molecule has 0 aliphatic rings. The quantitative estimate of drug-likeness (QED) is 0.306.